The molecule has 17 heavy (non-hydrogen) atoms. The normalized spacial score (nSPS) is 13.6. The summed E-state index contributed by atoms with van der Waals surface area (Å²) in [5, 5.41) is 0. The number of nitrogens with two attached hydrogens (primary N) is 1. The fourth-order valence-electron chi connectivity index (χ4n) is 1.54. The van der Waals surface area contributed by atoms with Gasteiger partial charge in [-0.25, -0.2) is 8.42 Å². The van der Waals surface area contributed by atoms with Gasteiger partial charge in [0, 0.05) is 10.5 Å². The Balaban J connectivity index is 2.57. The van der Waals surface area contributed by atoms with Crippen molar-refractivity contribution >= 4 is 25.8 Å². The highest BCUT2D eigenvalue weighted by molar-refractivity contribution is 9.10. The van der Waals surface area contributed by atoms with Gasteiger partial charge < -0.3 is 5.73 Å². The van der Waals surface area contributed by atoms with E-state index in [0.717, 1.165) is 17.3 Å². The van der Waals surface area contributed by atoms with Gasteiger partial charge in [-0.15, -0.1) is 0 Å². The molecule has 0 bridgehead atoms. The number of rotatable bonds is 6. The van der Waals surface area contributed by atoms with Crippen LogP contribution in [-0.4, -0.2) is 20.2 Å². The number of hydrogen-bond acceptors (Lipinski definition) is 3. The molecule has 1 aromatic carbocycles. The lowest BCUT2D eigenvalue weighted by Gasteiger charge is -2.06. The summed E-state index contributed by atoms with van der Waals surface area (Å²) in [7, 11) is -3.15. The maximum Gasteiger partial charge on any atom is 0.178 e. The molecule has 5 heteroatoms. The summed E-state index contributed by atoms with van der Waals surface area (Å²) in [5.74, 6) is 0.191. The highest BCUT2D eigenvalue weighted by Gasteiger charge is 2.13. The third kappa shape index (κ3) is 5.19. The van der Waals surface area contributed by atoms with Gasteiger partial charge in [0.25, 0.3) is 0 Å². The zero-order chi connectivity index (χ0) is 12.9. The molecular formula is C12H18BrNO2S. The second kappa shape index (κ2) is 6.52. The SMILES string of the molecule is CC(N)CCCCS(=O)(=O)c1cccc(Br)c1. The molecule has 3 nitrogen and oxygen atoms in total. The lowest BCUT2D eigenvalue weighted by molar-refractivity contribution is 0.580. The van der Waals surface area contributed by atoms with Gasteiger partial charge in [0.05, 0.1) is 10.6 Å². The third-order valence-electron chi connectivity index (χ3n) is 2.48. The Morgan fingerprint density at radius 3 is 2.65 bits per heavy atom. The molecule has 0 aliphatic carbocycles. The molecule has 0 amide bonds. The van der Waals surface area contributed by atoms with E-state index in [1.165, 1.54) is 0 Å². The van der Waals surface area contributed by atoms with Crippen LogP contribution in [0.3, 0.4) is 0 Å². The van der Waals surface area contributed by atoms with Gasteiger partial charge in [0.1, 0.15) is 0 Å². The maximum atomic E-state index is 12.0. The first-order valence-electron chi connectivity index (χ1n) is 5.66. The molecular weight excluding hydrogens is 302 g/mol. The molecule has 0 saturated heterocycles. The van der Waals surface area contributed by atoms with Crippen molar-refractivity contribution in [3.05, 3.63) is 28.7 Å². The van der Waals surface area contributed by atoms with Gasteiger partial charge in [-0.05, 0) is 38.0 Å². The molecule has 0 heterocycles. The summed E-state index contributed by atoms with van der Waals surface area (Å²) in [6.45, 7) is 1.93. The van der Waals surface area contributed by atoms with Crippen LogP contribution in [0, 0.1) is 0 Å². The fraction of sp³-hybridized carbons (Fsp3) is 0.500. The summed E-state index contributed by atoms with van der Waals surface area (Å²) in [6, 6.07) is 6.96. The molecule has 0 aliphatic heterocycles. The Morgan fingerprint density at radius 2 is 2.06 bits per heavy atom. The Hall–Kier alpha value is -0.390. The van der Waals surface area contributed by atoms with Gasteiger partial charge in [0.15, 0.2) is 9.84 Å². The Bertz CT molecular complexity index is 457. The first kappa shape index (κ1) is 14.7. The van der Waals surface area contributed by atoms with Crippen molar-refractivity contribution in [3.8, 4) is 0 Å². The Labute approximate surface area is 111 Å². The lowest BCUT2D eigenvalue weighted by Crippen LogP contribution is -2.15. The van der Waals surface area contributed by atoms with Crippen molar-refractivity contribution in [2.45, 2.75) is 37.1 Å². The van der Waals surface area contributed by atoms with Crippen molar-refractivity contribution in [1.29, 1.82) is 0 Å². The van der Waals surface area contributed by atoms with E-state index in [1.54, 1.807) is 18.2 Å². The van der Waals surface area contributed by atoms with Gasteiger partial charge in [0.2, 0.25) is 0 Å². The largest absolute Gasteiger partial charge is 0.328 e. The number of hydrogen-bond donors (Lipinski definition) is 1. The van der Waals surface area contributed by atoms with Crippen LogP contribution in [0.4, 0.5) is 0 Å². The molecule has 0 saturated carbocycles. The summed E-state index contributed by atoms with van der Waals surface area (Å²) in [5.41, 5.74) is 5.62. The highest BCUT2D eigenvalue weighted by atomic mass is 79.9. The van der Waals surface area contributed by atoms with Gasteiger partial charge in [-0.2, -0.15) is 0 Å². The first-order chi connectivity index (χ1) is 7.92. The monoisotopic (exact) mass is 319 g/mol. The highest BCUT2D eigenvalue weighted by Crippen LogP contribution is 2.18. The van der Waals surface area contributed by atoms with Gasteiger partial charge in [-0.1, -0.05) is 28.4 Å². The summed E-state index contributed by atoms with van der Waals surface area (Å²) < 4.78 is 24.7. The zero-order valence-electron chi connectivity index (χ0n) is 9.90. The molecule has 1 unspecified atom stereocenters. The molecule has 1 rings (SSSR count). The quantitative estimate of drug-likeness (QED) is 0.820. The maximum absolute atomic E-state index is 12.0. The number of sulfone groups is 1. The van der Waals surface area contributed by atoms with E-state index in [2.05, 4.69) is 15.9 Å². The predicted molar refractivity (Wildman–Crippen MR) is 73.7 cm³/mol. The van der Waals surface area contributed by atoms with Crippen molar-refractivity contribution < 1.29 is 8.42 Å². The van der Waals surface area contributed by atoms with E-state index in [9.17, 15) is 8.42 Å². The van der Waals surface area contributed by atoms with Crippen molar-refractivity contribution in [2.24, 2.45) is 5.73 Å². The van der Waals surface area contributed by atoms with Crippen LogP contribution < -0.4 is 5.73 Å². The van der Waals surface area contributed by atoms with Crippen LogP contribution in [-0.2, 0) is 9.84 Å². The summed E-state index contributed by atoms with van der Waals surface area (Å²) >= 11 is 3.27. The van der Waals surface area contributed by atoms with Gasteiger partial charge >= 0.3 is 0 Å². The van der Waals surface area contributed by atoms with Gasteiger partial charge in [-0.3, -0.25) is 0 Å². The van der Waals surface area contributed by atoms with Crippen LogP contribution >= 0.6 is 15.9 Å². The molecule has 2 N–H and O–H groups in total. The van der Waals surface area contributed by atoms with E-state index in [0.29, 0.717) is 11.3 Å². The lowest BCUT2D eigenvalue weighted by atomic mass is 10.2. The van der Waals surface area contributed by atoms with Crippen LogP contribution in [0.1, 0.15) is 26.2 Å². The molecule has 0 fully saturated rings. The second-order valence-electron chi connectivity index (χ2n) is 4.25. The number of unbranched alkanes of at least 4 members (excludes halogenated alkanes) is 1. The molecule has 0 aromatic heterocycles. The van der Waals surface area contributed by atoms with E-state index in [4.69, 9.17) is 5.73 Å². The predicted octanol–water partition coefficient (Wildman–Crippen LogP) is 2.74. The summed E-state index contributed by atoms with van der Waals surface area (Å²) in [6.07, 6.45) is 2.38. The molecule has 1 aromatic rings. The van der Waals surface area contributed by atoms with Crippen molar-refractivity contribution in [2.75, 3.05) is 5.75 Å². The zero-order valence-corrected chi connectivity index (χ0v) is 12.3. The molecule has 0 radical (unpaired) electrons. The first-order valence-corrected chi connectivity index (χ1v) is 8.10. The van der Waals surface area contributed by atoms with E-state index in [1.807, 2.05) is 13.0 Å². The van der Waals surface area contributed by atoms with E-state index in [-0.39, 0.29) is 11.8 Å². The summed E-state index contributed by atoms with van der Waals surface area (Å²) in [4.78, 5) is 0.382. The molecule has 0 spiro atoms. The minimum Gasteiger partial charge on any atom is -0.328 e. The van der Waals surface area contributed by atoms with Crippen LogP contribution in [0.25, 0.3) is 0 Å². The standard InChI is InChI=1S/C12H18BrNO2S/c1-10(14)5-2-3-8-17(15,16)12-7-4-6-11(13)9-12/h4,6-7,9-10H,2-3,5,8,14H2,1H3. The number of benzene rings is 1. The Morgan fingerprint density at radius 1 is 1.35 bits per heavy atom. The average Bonchev–Trinajstić information content (AvgIpc) is 2.24. The van der Waals surface area contributed by atoms with Crippen molar-refractivity contribution in [1.82, 2.24) is 0 Å². The molecule has 1 atom stereocenters. The van der Waals surface area contributed by atoms with E-state index >= 15 is 0 Å². The third-order valence-corrected chi connectivity index (χ3v) is 4.77. The van der Waals surface area contributed by atoms with Crippen LogP contribution in [0.2, 0.25) is 0 Å². The minimum absolute atomic E-state index is 0.142. The molecule has 0 aliphatic rings. The Kier molecular flexibility index (Phi) is 5.62. The second-order valence-corrected chi connectivity index (χ2v) is 7.27. The van der Waals surface area contributed by atoms with E-state index < -0.39 is 9.84 Å². The number of halogens is 1. The van der Waals surface area contributed by atoms with Crippen LogP contribution in [0.5, 0.6) is 0 Å². The van der Waals surface area contributed by atoms with Crippen LogP contribution in [0.15, 0.2) is 33.6 Å². The average molecular weight is 320 g/mol. The molecule has 96 valence electrons. The minimum atomic E-state index is -3.15. The fourth-order valence-corrected chi connectivity index (χ4v) is 3.50. The van der Waals surface area contributed by atoms with Crippen molar-refractivity contribution in [3.63, 3.8) is 0 Å². The smallest absolute Gasteiger partial charge is 0.178 e. The topological polar surface area (TPSA) is 60.2 Å².